The van der Waals surface area contributed by atoms with Crippen LogP contribution in [0.2, 0.25) is 0 Å². The quantitative estimate of drug-likeness (QED) is 0.425. The minimum absolute atomic E-state index is 0.150. The number of aryl methyl sites for hydroxylation is 1. The van der Waals surface area contributed by atoms with Gasteiger partial charge in [-0.2, -0.15) is 0 Å². The molecule has 0 atom stereocenters. The lowest BCUT2D eigenvalue weighted by molar-refractivity contribution is 0.0693. The molecule has 0 spiro atoms. The second-order valence-electron chi connectivity index (χ2n) is 7.04. The zero-order valence-corrected chi connectivity index (χ0v) is 16.4. The lowest BCUT2D eigenvalue weighted by Gasteiger charge is -2.08. The molecule has 0 aliphatic heterocycles. The molecule has 4 aromatic rings. The van der Waals surface area contributed by atoms with Crippen molar-refractivity contribution in [2.24, 2.45) is 0 Å². The van der Waals surface area contributed by atoms with Crippen molar-refractivity contribution in [1.82, 2.24) is 0 Å². The van der Waals surface area contributed by atoms with Gasteiger partial charge >= 0.3 is 5.97 Å². The van der Waals surface area contributed by atoms with Gasteiger partial charge in [0, 0.05) is 22.9 Å². The summed E-state index contributed by atoms with van der Waals surface area (Å²) < 4.78 is 5.85. The molecular weight excluding hydrogens is 398 g/mol. The number of aromatic carboxylic acids is 1. The molecule has 31 heavy (non-hydrogen) atoms. The van der Waals surface area contributed by atoms with E-state index in [1.807, 2.05) is 13.0 Å². The molecule has 0 fully saturated rings. The van der Waals surface area contributed by atoms with Gasteiger partial charge in [0.15, 0.2) is 5.43 Å². The molecule has 3 aromatic carbocycles. The fourth-order valence-corrected chi connectivity index (χ4v) is 3.19. The van der Waals surface area contributed by atoms with Crippen LogP contribution in [0.3, 0.4) is 0 Å². The Morgan fingerprint density at radius 2 is 1.68 bits per heavy atom. The van der Waals surface area contributed by atoms with Crippen molar-refractivity contribution >= 4 is 28.5 Å². The van der Waals surface area contributed by atoms with Gasteiger partial charge in [-0.25, -0.2) is 4.79 Å². The molecule has 4 rings (SSSR count). The van der Waals surface area contributed by atoms with E-state index >= 15 is 0 Å². The van der Waals surface area contributed by atoms with Crippen molar-refractivity contribution in [3.8, 4) is 17.1 Å². The summed E-state index contributed by atoms with van der Waals surface area (Å²) in [6.45, 7) is 1.90. The molecule has 1 amide bonds. The first-order valence-electron chi connectivity index (χ1n) is 9.34. The van der Waals surface area contributed by atoms with Crippen molar-refractivity contribution in [3.63, 3.8) is 0 Å². The molecule has 0 aliphatic rings. The standard InChI is InChI=1S/C24H17NO6/c1-13-2-9-21-17(10-13)20(27)12-22(31-21)14-3-5-15(6-4-14)23(28)25-16-7-8-19(26)18(11-16)24(29)30/h2-12,26H,1H3,(H,25,28)(H,29,30). The van der Waals surface area contributed by atoms with E-state index in [1.165, 1.54) is 24.3 Å². The van der Waals surface area contributed by atoms with Gasteiger partial charge in [0.1, 0.15) is 22.7 Å². The maximum Gasteiger partial charge on any atom is 0.339 e. The van der Waals surface area contributed by atoms with E-state index in [2.05, 4.69) is 5.32 Å². The summed E-state index contributed by atoms with van der Waals surface area (Å²) >= 11 is 0. The van der Waals surface area contributed by atoms with E-state index in [1.54, 1.807) is 36.4 Å². The maximum absolute atomic E-state index is 12.5. The van der Waals surface area contributed by atoms with E-state index in [-0.39, 0.29) is 22.4 Å². The van der Waals surface area contributed by atoms with Crippen LogP contribution in [0, 0.1) is 6.92 Å². The average Bonchev–Trinajstić information content (AvgIpc) is 2.75. The number of carboxylic acid groups (broad SMARTS) is 1. The fourth-order valence-electron chi connectivity index (χ4n) is 3.19. The Bertz CT molecular complexity index is 1390. The smallest absolute Gasteiger partial charge is 0.339 e. The summed E-state index contributed by atoms with van der Waals surface area (Å²) in [6, 6.07) is 17.0. The summed E-state index contributed by atoms with van der Waals surface area (Å²) in [4.78, 5) is 36.0. The number of hydrogen-bond donors (Lipinski definition) is 3. The Balaban J connectivity index is 1.58. The normalized spacial score (nSPS) is 10.7. The minimum atomic E-state index is -1.30. The van der Waals surface area contributed by atoms with Crippen LogP contribution in [0.15, 0.2) is 75.9 Å². The minimum Gasteiger partial charge on any atom is -0.507 e. The average molecular weight is 415 g/mol. The number of anilines is 1. The number of phenols is 1. The van der Waals surface area contributed by atoms with Gasteiger partial charge in [-0.1, -0.05) is 23.8 Å². The van der Waals surface area contributed by atoms with Crippen LogP contribution in [-0.2, 0) is 0 Å². The number of carbonyl (C=O) groups excluding carboxylic acids is 1. The Labute approximate surface area is 176 Å². The summed E-state index contributed by atoms with van der Waals surface area (Å²) in [5.41, 5.74) is 2.18. The highest BCUT2D eigenvalue weighted by atomic mass is 16.4. The summed E-state index contributed by atoms with van der Waals surface area (Å²) in [6.07, 6.45) is 0. The second kappa shape index (κ2) is 7.79. The van der Waals surface area contributed by atoms with Crippen molar-refractivity contribution in [3.05, 3.63) is 93.6 Å². The number of rotatable bonds is 4. The van der Waals surface area contributed by atoms with Crippen LogP contribution in [-0.4, -0.2) is 22.1 Å². The molecule has 7 heteroatoms. The Morgan fingerprint density at radius 3 is 2.39 bits per heavy atom. The van der Waals surface area contributed by atoms with Crippen LogP contribution in [0.4, 0.5) is 5.69 Å². The summed E-state index contributed by atoms with van der Waals surface area (Å²) in [5.74, 6) is -1.76. The molecule has 0 saturated heterocycles. The number of benzene rings is 3. The molecule has 3 N–H and O–H groups in total. The lowest BCUT2D eigenvalue weighted by Crippen LogP contribution is -2.12. The van der Waals surface area contributed by atoms with Crippen LogP contribution in [0.5, 0.6) is 5.75 Å². The first-order chi connectivity index (χ1) is 14.8. The van der Waals surface area contributed by atoms with E-state index in [0.29, 0.717) is 27.9 Å². The van der Waals surface area contributed by atoms with Gasteiger partial charge in [0.25, 0.3) is 5.91 Å². The maximum atomic E-state index is 12.5. The number of fused-ring (bicyclic) bond motifs is 1. The van der Waals surface area contributed by atoms with Crippen LogP contribution < -0.4 is 10.7 Å². The third kappa shape index (κ3) is 4.02. The molecule has 154 valence electrons. The zero-order chi connectivity index (χ0) is 22.1. The molecule has 1 heterocycles. The lowest BCUT2D eigenvalue weighted by atomic mass is 10.1. The molecule has 0 radical (unpaired) electrons. The Morgan fingerprint density at radius 1 is 0.935 bits per heavy atom. The Kier molecular flexibility index (Phi) is 5.00. The molecule has 0 saturated carbocycles. The highest BCUT2D eigenvalue weighted by molar-refractivity contribution is 6.05. The van der Waals surface area contributed by atoms with Gasteiger partial charge in [-0.3, -0.25) is 9.59 Å². The molecule has 7 nitrogen and oxygen atoms in total. The highest BCUT2D eigenvalue weighted by Gasteiger charge is 2.13. The van der Waals surface area contributed by atoms with Gasteiger partial charge in [-0.15, -0.1) is 0 Å². The third-order valence-electron chi connectivity index (χ3n) is 4.80. The SMILES string of the molecule is Cc1ccc2oc(-c3ccc(C(=O)Nc4ccc(O)c(C(=O)O)c4)cc3)cc(=O)c2c1. The number of hydrogen-bond acceptors (Lipinski definition) is 5. The number of aromatic hydroxyl groups is 1. The zero-order valence-electron chi connectivity index (χ0n) is 16.4. The van der Waals surface area contributed by atoms with Crippen LogP contribution in [0.25, 0.3) is 22.3 Å². The fraction of sp³-hybridized carbons (Fsp3) is 0.0417. The van der Waals surface area contributed by atoms with Crippen molar-refractivity contribution in [2.75, 3.05) is 5.32 Å². The molecule has 0 unspecified atom stereocenters. The number of carbonyl (C=O) groups is 2. The van der Waals surface area contributed by atoms with Crippen LogP contribution in [0.1, 0.15) is 26.3 Å². The van der Waals surface area contributed by atoms with Gasteiger partial charge in [0.05, 0.1) is 5.39 Å². The van der Waals surface area contributed by atoms with E-state index in [4.69, 9.17) is 9.52 Å². The van der Waals surface area contributed by atoms with Crippen LogP contribution >= 0.6 is 0 Å². The monoisotopic (exact) mass is 415 g/mol. The van der Waals surface area contributed by atoms with Crippen molar-refractivity contribution < 1.29 is 24.2 Å². The molecular formula is C24H17NO6. The van der Waals surface area contributed by atoms with E-state index in [0.717, 1.165) is 5.56 Å². The van der Waals surface area contributed by atoms with Gasteiger partial charge in [-0.05, 0) is 49.4 Å². The predicted molar refractivity (Wildman–Crippen MR) is 116 cm³/mol. The van der Waals surface area contributed by atoms with Crippen molar-refractivity contribution in [1.29, 1.82) is 0 Å². The predicted octanol–water partition coefficient (Wildman–Crippen LogP) is 4.42. The third-order valence-corrected chi connectivity index (χ3v) is 4.80. The topological polar surface area (TPSA) is 117 Å². The second-order valence-corrected chi connectivity index (χ2v) is 7.04. The first kappa shape index (κ1) is 19.9. The summed E-state index contributed by atoms with van der Waals surface area (Å²) in [5, 5.41) is 21.7. The van der Waals surface area contributed by atoms with Gasteiger partial charge < -0.3 is 19.9 Å². The molecule has 1 aromatic heterocycles. The number of nitrogens with one attached hydrogen (secondary N) is 1. The summed E-state index contributed by atoms with van der Waals surface area (Å²) in [7, 11) is 0. The molecule has 0 bridgehead atoms. The molecule has 0 aliphatic carbocycles. The Hall–Kier alpha value is -4.39. The number of amides is 1. The largest absolute Gasteiger partial charge is 0.507 e. The first-order valence-corrected chi connectivity index (χ1v) is 9.34. The van der Waals surface area contributed by atoms with Gasteiger partial charge in [0.2, 0.25) is 0 Å². The van der Waals surface area contributed by atoms with Crippen molar-refractivity contribution in [2.45, 2.75) is 6.92 Å². The highest BCUT2D eigenvalue weighted by Crippen LogP contribution is 2.24. The number of carboxylic acids is 1. The van der Waals surface area contributed by atoms with E-state index < -0.39 is 11.9 Å². The van der Waals surface area contributed by atoms with E-state index in [9.17, 15) is 19.5 Å².